The first-order valence-electron chi connectivity index (χ1n) is 4.82. The Hall–Kier alpha value is -1.55. The SMILES string of the molecule is CN(C)CCOc1ccccc1C(=N)N. The lowest BCUT2D eigenvalue weighted by Gasteiger charge is -2.13. The molecule has 0 spiro atoms. The molecule has 0 fully saturated rings. The number of para-hydroxylation sites is 1. The topological polar surface area (TPSA) is 62.3 Å². The van der Waals surface area contributed by atoms with Gasteiger partial charge in [-0.25, -0.2) is 0 Å². The van der Waals surface area contributed by atoms with Gasteiger partial charge in [0.2, 0.25) is 0 Å². The van der Waals surface area contributed by atoms with Gasteiger partial charge >= 0.3 is 0 Å². The second kappa shape index (κ2) is 5.36. The first-order valence-corrected chi connectivity index (χ1v) is 4.82. The van der Waals surface area contributed by atoms with E-state index in [2.05, 4.69) is 0 Å². The number of nitrogens with zero attached hydrogens (tertiary/aromatic N) is 1. The molecule has 0 saturated carbocycles. The summed E-state index contributed by atoms with van der Waals surface area (Å²) in [6.07, 6.45) is 0. The van der Waals surface area contributed by atoms with Crippen molar-refractivity contribution in [1.82, 2.24) is 4.90 Å². The van der Waals surface area contributed by atoms with Gasteiger partial charge in [0, 0.05) is 6.54 Å². The zero-order valence-corrected chi connectivity index (χ0v) is 9.16. The minimum Gasteiger partial charge on any atom is -0.491 e. The van der Waals surface area contributed by atoms with Gasteiger partial charge in [-0.15, -0.1) is 0 Å². The summed E-state index contributed by atoms with van der Waals surface area (Å²) < 4.78 is 5.55. The van der Waals surface area contributed by atoms with Crippen LogP contribution >= 0.6 is 0 Å². The molecule has 15 heavy (non-hydrogen) atoms. The van der Waals surface area contributed by atoms with Crippen LogP contribution in [0.4, 0.5) is 0 Å². The molecule has 0 aliphatic rings. The van der Waals surface area contributed by atoms with Crippen LogP contribution in [0.15, 0.2) is 24.3 Å². The number of nitrogens with two attached hydrogens (primary N) is 1. The van der Waals surface area contributed by atoms with Gasteiger partial charge in [-0.1, -0.05) is 12.1 Å². The van der Waals surface area contributed by atoms with E-state index in [0.717, 1.165) is 6.54 Å². The van der Waals surface area contributed by atoms with E-state index in [1.54, 1.807) is 6.07 Å². The monoisotopic (exact) mass is 207 g/mol. The second-order valence-electron chi connectivity index (χ2n) is 3.56. The van der Waals surface area contributed by atoms with Crippen molar-refractivity contribution in [3.8, 4) is 5.75 Å². The first kappa shape index (κ1) is 11.5. The second-order valence-corrected chi connectivity index (χ2v) is 3.56. The summed E-state index contributed by atoms with van der Waals surface area (Å²) in [5.74, 6) is 0.710. The average molecular weight is 207 g/mol. The predicted octanol–water partition coefficient (Wildman–Crippen LogP) is 0.911. The Labute approximate surface area is 90.2 Å². The number of rotatable bonds is 5. The molecule has 0 radical (unpaired) electrons. The number of hydrogen-bond acceptors (Lipinski definition) is 3. The smallest absolute Gasteiger partial charge is 0.130 e. The van der Waals surface area contributed by atoms with Gasteiger partial charge in [-0.05, 0) is 26.2 Å². The van der Waals surface area contributed by atoms with E-state index in [0.29, 0.717) is 17.9 Å². The lowest BCUT2D eigenvalue weighted by molar-refractivity contribution is 0.261. The molecule has 82 valence electrons. The molecule has 1 aromatic carbocycles. The summed E-state index contributed by atoms with van der Waals surface area (Å²) in [6, 6.07) is 7.33. The fourth-order valence-electron chi connectivity index (χ4n) is 1.15. The van der Waals surface area contributed by atoms with E-state index in [9.17, 15) is 0 Å². The fraction of sp³-hybridized carbons (Fsp3) is 0.364. The summed E-state index contributed by atoms with van der Waals surface area (Å²) in [4.78, 5) is 2.04. The number of ether oxygens (including phenoxy) is 1. The highest BCUT2D eigenvalue weighted by Gasteiger charge is 2.04. The van der Waals surface area contributed by atoms with Crippen LogP contribution < -0.4 is 10.5 Å². The number of likely N-dealkylation sites (N-methyl/N-ethyl adjacent to an activating group) is 1. The number of nitrogens with one attached hydrogen (secondary N) is 1. The molecular formula is C11H17N3O. The maximum absolute atomic E-state index is 7.38. The Morgan fingerprint density at radius 3 is 2.67 bits per heavy atom. The highest BCUT2D eigenvalue weighted by atomic mass is 16.5. The molecule has 0 aliphatic heterocycles. The van der Waals surface area contributed by atoms with Crippen molar-refractivity contribution in [2.24, 2.45) is 5.73 Å². The maximum Gasteiger partial charge on any atom is 0.130 e. The van der Waals surface area contributed by atoms with Crippen LogP contribution in [-0.2, 0) is 0 Å². The van der Waals surface area contributed by atoms with Crippen molar-refractivity contribution < 1.29 is 4.74 Å². The Balaban J connectivity index is 2.63. The van der Waals surface area contributed by atoms with Crippen LogP contribution in [0.2, 0.25) is 0 Å². The first-order chi connectivity index (χ1) is 7.11. The van der Waals surface area contributed by atoms with Crippen molar-refractivity contribution in [3.05, 3.63) is 29.8 Å². The van der Waals surface area contributed by atoms with E-state index in [1.807, 2.05) is 37.2 Å². The molecule has 0 bridgehead atoms. The molecule has 0 saturated heterocycles. The summed E-state index contributed by atoms with van der Waals surface area (Å²) in [6.45, 7) is 1.43. The highest BCUT2D eigenvalue weighted by molar-refractivity contribution is 5.97. The van der Waals surface area contributed by atoms with Crippen molar-refractivity contribution in [2.45, 2.75) is 0 Å². The van der Waals surface area contributed by atoms with Gasteiger partial charge in [-0.2, -0.15) is 0 Å². The van der Waals surface area contributed by atoms with Crippen LogP contribution in [0.3, 0.4) is 0 Å². The van der Waals surface area contributed by atoms with Crippen LogP contribution in [0.5, 0.6) is 5.75 Å². The number of benzene rings is 1. The normalized spacial score (nSPS) is 10.3. The van der Waals surface area contributed by atoms with E-state index < -0.39 is 0 Å². The van der Waals surface area contributed by atoms with Crippen LogP contribution in [-0.4, -0.2) is 38.0 Å². The molecular weight excluding hydrogens is 190 g/mol. The average Bonchev–Trinajstić information content (AvgIpc) is 2.17. The molecule has 0 aromatic heterocycles. The molecule has 1 rings (SSSR count). The molecule has 3 N–H and O–H groups in total. The minimum atomic E-state index is 0.0375. The van der Waals surface area contributed by atoms with Crippen molar-refractivity contribution in [3.63, 3.8) is 0 Å². The molecule has 0 atom stereocenters. The molecule has 4 heteroatoms. The summed E-state index contributed by atoms with van der Waals surface area (Å²) in [7, 11) is 3.97. The fourth-order valence-corrected chi connectivity index (χ4v) is 1.15. The lowest BCUT2D eigenvalue weighted by atomic mass is 10.2. The summed E-state index contributed by atoms with van der Waals surface area (Å²) in [5.41, 5.74) is 6.09. The zero-order valence-electron chi connectivity index (χ0n) is 9.16. The Bertz CT molecular complexity index is 336. The number of nitrogen functional groups attached to an aromatic ring is 1. The summed E-state index contributed by atoms with van der Waals surface area (Å²) in [5, 5.41) is 7.38. The quantitative estimate of drug-likeness (QED) is 0.557. The van der Waals surface area contributed by atoms with Crippen molar-refractivity contribution in [2.75, 3.05) is 27.2 Å². The molecule has 0 heterocycles. The molecule has 0 amide bonds. The lowest BCUT2D eigenvalue weighted by Crippen LogP contribution is -2.20. The van der Waals surface area contributed by atoms with Gasteiger partial charge in [0.05, 0.1) is 5.56 Å². The standard InChI is InChI=1S/C11H17N3O/c1-14(2)7-8-15-10-6-4-3-5-9(10)11(12)13/h3-6H,7-8H2,1-2H3,(H3,12,13). The molecule has 0 aliphatic carbocycles. The third-order valence-electron chi connectivity index (χ3n) is 1.97. The van der Waals surface area contributed by atoms with Gasteiger partial charge in [0.15, 0.2) is 0 Å². The molecule has 4 nitrogen and oxygen atoms in total. The van der Waals surface area contributed by atoms with Crippen LogP contribution in [0.1, 0.15) is 5.56 Å². The third kappa shape index (κ3) is 3.59. The highest BCUT2D eigenvalue weighted by Crippen LogP contribution is 2.16. The van der Waals surface area contributed by atoms with E-state index >= 15 is 0 Å². The van der Waals surface area contributed by atoms with Gasteiger partial charge < -0.3 is 15.4 Å². The predicted molar refractivity (Wildman–Crippen MR) is 61.5 cm³/mol. The maximum atomic E-state index is 7.38. The van der Waals surface area contributed by atoms with Gasteiger partial charge in [0.25, 0.3) is 0 Å². The number of amidine groups is 1. The minimum absolute atomic E-state index is 0.0375. The summed E-state index contributed by atoms with van der Waals surface area (Å²) >= 11 is 0. The molecule has 0 unspecified atom stereocenters. The Morgan fingerprint density at radius 1 is 1.40 bits per heavy atom. The van der Waals surface area contributed by atoms with Crippen LogP contribution in [0, 0.1) is 5.41 Å². The number of hydrogen-bond donors (Lipinski definition) is 2. The largest absolute Gasteiger partial charge is 0.491 e. The zero-order chi connectivity index (χ0) is 11.3. The van der Waals surface area contributed by atoms with E-state index in [-0.39, 0.29) is 5.84 Å². The van der Waals surface area contributed by atoms with Gasteiger partial charge in [-0.3, -0.25) is 5.41 Å². The van der Waals surface area contributed by atoms with Crippen molar-refractivity contribution in [1.29, 1.82) is 5.41 Å². The van der Waals surface area contributed by atoms with Crippen LogP contribution in [0.25, 0.3) is 0 Å². The van der Waals surface area contributed by atoms with E-state index in [1.165, 1.54) is 0 Å². The van der Waals surface area contributed by atoms with Gasteiger partial charge in [0.1, 0.15) is 18.2 Å². The van der Waals surface area contributed by atoms with E-state index in [4.69, 9.17) is 15.9 Å². The third-order valence-corrected chi connectivity index (χ3v) is 1.97. The van der Waals surface area contributed by atoms with Crippen molar-refractivity contribution >= 4 is 5.84 Å². The Kier molecular flexibility index (Phi) is 4.12. The molecule has 1 aromatic rings. The Morgan fingerprint density at radius 2 is 2.07 bits per heavy atom.